The molecule has 0 unspecified atom stereocenters. The molecule has 0 radical (unpaired) electrons. The number of hydrogen-bond acceptors (Lipinski definition) is 0. The van der Waals surface area contributed by atoms with Gasteiger partial charge in [-0.05, 0) is 172 Å². The predicted molar refractivity (Wildman–Crippen MR) is 267 cm³/mol. The fraction of sp³-hybridized carbons (Fsp3) is 0.133. The Morgan fingerprint density at radius 2 is 0.417 bits per heavy atom. The van der Waals surface area contributed by atoms with Crippen molar-refractivity contribution >= 4 is 79.5 Å². The minimum atomic E-state index is 1.22. The second kappa shape index (κ2) is 17.2. The molecule has 60 heavy (non-hydrogen) atoms. The first-order valence-corrected chi connectivity index (χ1v) is 21.1. The Hall–Kier alpha value is -6.76. The fourth-order valence-electron chi connectivity index (χ4n) is 8.27. The number of fused-ring (bicyclic) bond motifs is 6. The molecule has 0 atom stereocenters. The highest BCUT2D eigenvalue weighted by Gasteiger charge is 2.11. The van der Waals surface area contributed by atoms with Gasteiger partial charge in [0.1, 0.15) is 0 Å². The van der Waals surface area contributed by atoms with E-state index in [4.69, 9.17) is 0 Å². The topological polar surface area (TPSA) is 0 Å². The summed E-state index contributed by atoms with van der Waals surface area (Å²) >= 11 is 0. The zero-order valence-electron chi connectivity index (χ0n) is 36.3. The molecule has 0 saturated heterocycles. The van der Waals surface area contributed by atoms with Crippen molar-refractivity contribution in [2.24, 2.45) is 0 Å². The van der Waals surface area contributed by atoms with E-state index in [2.05, 4.69) is 237 Å². The van der Waals surface area contributed by atoms with Crippen LogP contribution in [0.1, 0.15) is 77.9 Å². The van der Waals surface area contributed by atoms with Crippen molar-refractivity contribution in [3.8, 4) is 0 Å². The van der Waals surface area contributed by atoms with Crippen LogP contribution in [-0.2, 0) is 0 Å². The van der Waals surface area contributed by atoms with Crippen molar-refractivity contribution in [2.75, 3.05) is 0 Å². The highest BCUT2D eigenvalue weighted by molar-refractivity contribution is 6.13. The van der Waals surface area contributed by atoms with Crippen LogP contribution in [0.3, 0.4) is 0 Å². The van der Waals surface area contributed by atoms with Crippen molar-refractivity contribution in [3.05, 3.63) is 223 Å². The van der Waals surface area contributed by atoms with Crippen LogP contribution < -0.4 is 0 Å². The number of hydrogen-bond donors (Lipinski definition) is 0. The van der Waals surface area contributed by atoms with Gasteiger partial charge >= 0.3 is 0 Å². The van der Waals surface area contributed by atoms with E-state index in [1.165, 1.54) is 121 Å². The molecule has 0 heterocycles. The summed E-state index contributed by atoms with van der Waals surface area (Å²) in [5, 5.41) is 10.7. The summed E-state index contributed by atoms with van der Waals surface area (Å²) in [5.41, 5.74) is 18.0. The van der Waals surface area contributed by atoms with Gasteiger partial charge in [-0.3, -0.25) is 0 Å². The van der Waals surface area contributed by atoms with Gasteiger partial charge in [-0.2, -0.15) is 0 Å². The van der Waals surface area contributed by atoms with Gasteiger partial charge in [0.15, 0.2) is 0 Å². The lowest BCUT2D eigenvalue weighted by Gasteiger charge is -2.13. The summed E-state index contributed by atoms with van der Waals surface area (Å²) in [4.78, 5) is 0. The number of rotatable bonds is 6. The monoisotopic (exact) mass is 774 g/mol. The van der Waals surface area contributed by atoms with Crippen molar-refractivity contribution in [1.82, 2.24) is 0 Å². The Morgan fingerprint density at radius 3 is 0.717 bits per heavy atom. The predicted octanol–water partition coefficient (Wildman–Crippen LogP) is 17.0. The third-order valence-corrected chi connectivity index (χ3v) is 12.3. The first kappa shape index (κ1) is 40.0. The van der Waals surface area contributed by atoms with E-state index in [1.807, 2.05) is 0 Å². The Kier molecular flexibility index (Phi) is 11.5. The van der Waals surface area contributed by atoms with Gasteiger partial charge in [0.05, 0.1) is 0 Å². The molecular formula is C60H54. The lowest BCUT2D eigenvalue weighted by molar-refractivity contribution is 1.40. The Balaban J connectivity index is 0.000000172. The van der Waals surface area contributed by atoms with Gasteiger partial charge in [-0.15, -0.1) is 0 Å². The SMILES string of the molecule is Cc1ccc(/C=C/c2ccc3c(C)c(C)c4ccc(/C=C/c5ccc(C)cc5)cc4c3c2)cc1.Cc1ccc(/C=C/c2ccc3c(C)c(C)c4ccc(C)cc4c3c2)cc1. The van der Waals surface area contributed by atoms with Gasteiger partial charge in [0.2, 0.25) is 0 Å². The van der Waals surface area contributed by atoms with E-state index in [0.717, 1.165) is 0 Å². The Labute approximate surface area is 356 Å². The van der Waals surface area contributed by atoms with E-state index in [1.54, 1.807) is 0 Å². The van der Waals surface area contributed by atoms with Crippen LogP contribution in [-0.4, -0.2) is 0 Å². The number of aryl methyl sites for hydroxylation is 8. The normalized spacial score (nSPS) is 11.8. The zero-order chi connectivity index (χ0) is 41.9. The van der Waals surface area contributed by atoms with Crippen LogP contribution in [0.2, 0.25) is 0 Å². The average molecular weight is 775 g/mol. The van der Waals surface area contributed by atoms with Crippen molar-refractivity contribution in [2.45, 2.75) is 55.4 Å². The van der Waals surface area contributed by atoms with Crippen LogP contribution in [0, 0.1) is 55.4 Å². The van der Waals surface area contributed by atoms with Gasteiger partial charge in [-0.1, -0.05) is 186 Å². The highest BCUT2D eigenvalue weighted by Crippen LogP contribution is 2.35. The Bertz CT molecular complexity index is 2990. The van der Waals surface area contributed by atoms with E-state index in [9.17, 15) is 0 Å². The zero-order valence-corrected chi connectivity index (χ0v) is 36.3. The van der Waals surface area contributed by atoms with E-state index in [0.29, 0.717) is 0 Å². The van der Waals surface area contributed by atoms with Gasteiger partial charge in [-0.25, -0.2) is 0 Å². The molecule has 0 aromatic heterocycles. The van der Waals surface area contributed by atoms with Crippen molar-refractivity contribution in [3.63, 3.8) is 0 Å². The molecule has 0 heteroatoms. The molecule has 0 saturated carbocycles. The first-order valence-electron chi connectivity index (χ1n) is 21.1. The van der Waals surface area contributed by atoms with Crippen LogP contribution in [0.4, 0.5) is 0 Å². The van der Waals surface area contributed by atoms with E-state index in [-0.39, 0.29) is 0 Å². The summed E-state index contributed by atoms with van der Waals surface area (Å²) in [7, 11) is 0. The maximum atomic E-state index is 2.34. The average Bonchev–Trinajstić information content (AvgIpc) is 3.27. The molecule has 0 aliphatic rings. The minimum Gasteiger partial charge on any atom is -0.0587 e. The van der Waals surface area contributed by atoms with Crippen LogP contribution in [0.15, 0.2) is 146 Å². The van der Waals surface area contributed by atoms with Crippen molar-refractivity contribution in [1.29, 1.82) is 0 Å². The van der Waals surface area contributed by atoms with Crippen LogP contribution >= 0.6 is 0 Å². The quantitative estimate of drug-likeness (QED) is 0.117. The number of benzene rings is 9. The fourth-order valence-corrected chi connectivity index (χ4v) is 8.27. The molecule has 0 fully saturated rings. The lowest BCUT2D eigenvalue weighted by atomic mass is 9.91. The molecule has 294 valence electrons. The molecule has 0 N–H and O–H groups in total. The lowest BCUT2D eigenvalue weighted by Crippen LogP contribution is -1.90. The summed E-state index contributed by atoms with van der Waals surface area (Å²) in [6.07, 6.45) is 13.2. The summed E-state index contributed by atoms with van der Waals surface area (Å²) < 4.78 is 0. The molecule has 9 aromatic carbocycles. The maximum Gasteiger partial charge on any atom is -0.00964 e. The summed E-state index contributed by atoms with van der Waals surface area (Å²) in [5.74, 6) is 0. The van der Waals surface area contributed by atoms with Gasteiger partial charge in [0.25, 0.3) is 0 Å². The van der Waals surface area contributed by atoms with Crippen LogP contribution in [0.25, 0.3) is 79.5 Å². The third kappa shape index (κ3) is 8.66. The van der Waals surface area contributed by atoms with Gasteiger partial charge in [0, 0.05) is 0 Å². The minimum absolute atomic E-state index is 1.22. The maximum absolute atomic E-state index is 2.34. The largest absolute Gasteiger partial charge is 0.0587 e. The van der Waals surface area contributed by atoms with E-state index >= 15 is 0 Å². The molecule has 9 aromatic rings. The molecule has 9 rings (SSSR count). The Morgan fingerprint density at radius 1 is 0.200 bits per heavy atom. The summed E-state index contributed by atoms with van der Waals surface area (Å²) in [6.45, 7) is 17.5. The van der Waals surface area contributed by atoms with Gasteiger partial charge < -0.3 is 0 Å². The first-order chi connectivity index (χ1) is 29.0. The molecule has 0 nitrogen and oxygen atoms in total. The molecule has 0 spiro atoms. The molecule has 0 bridgehead atoms. The third-order valence-electron chi connectivity index (χ3n) is 12.3. The standard InChI is InChI=1S/C34H30.C26H24/c1-23-5-9-27(10-6-23)13-15-29-17-19-31-25(3)26(4)32-20-18-30(22-34(32)33(31)21-29)16-14-28-11-7-24(2)8-12-28;1-17-5-8-21(9-6-17)10-11-22-12-14-24-20(4)19(3)23-13-7-18(2)15-25(23)26(24)16-22/h5-22H,1-4H3;5-16H,1-4H3/b15-13+,16-14+;11-10+. The smallest absolute Gasteiger partial charge is 0.00964 e. The molecule has 0 aliphatic carbocycles. The second-order valence-corrected chi connectivity index (χ2v) is 16.7. The summed E-state index contributed by atoms with van der Waals surface area (Å²) in [6, 6.07) is 53.3. The van der Waals surface area contributed by atoms with Crippen molar-refractivity contribution < 1.29 is 0 Å². The van der Waals surface area contributed by atoms with E-state index < -0.39 is 0 Å². The molecule has 0 aliphatic heterocycles. The molecular weight excluding hydrogens is 721 g/mol. The highest BCUT2D eigenvalue weighted by atomic mass is 14.2. The molecule has 0 amide bonds. The second-order valence-electron chi connectivity index (χ2n) is 16.7. The van der Waals surface area contributed by atoms with Crippen LogP contribution in [0.5, 0.6) is 0 Å².